The van der Waals surface area contributed by atoms with Gasteiger partial charge in [0.2, 0.25) is 0 Å². The van der Waals surface area contributed by atoms with Gasteiger partial charge in [0.15, 0.2) is 0 Å². The van der Waals surface area contributed by atoms with Gasteiger partial charge in [0.05, 0.1) is 35.9 Å². The molecule has 0 saturated carbocycles. The van der Waals surface area contributed by atoms with Crippen LogP contribution in [0.2, 0.25) is 0 Å². The van der Waals surface area contributed by atoms with Crippen LogP contribution >= 0.6 is 0 Å². The van der Waals surface area contributed by atoms with Crippen molar-refractivity contribution in [3.63, 3.8) is 0 Å². The predicted octanol–water partition coefficient (Wildman–Crippen LogP) is 2.39. The Balaban J connectivity index is 2.31. The zero-order valence-electron chi connectivity index (χ0n) is 13.6. The van der Waals surface area contributed by atoms with Gasteiger partial charge in [0, 0.05) is 5.39 Å². The van der Waals surface area contributed by atoms with E-state index in [0.717, 1.165) is 29.0 Å². The number of nitrogens with two attached hydrogens (primary N) is 1. The normalized spacial score (nSPS) is 12.5. The van der Waals surface area contributed by atoms with E-state index in [9.17, 15) is 0 Å². The van der Waals surface area contributed by atoms with Crippen molar-refractivity contribution in [3.05, 3.63) is 29.5 Å². The highest BCUT2D eigenvalue weighted by molar-refractivity contribution is 7.95. The summed E-state index contributed by atoms with van der Waals surface area (Å²) in [5.74, 6) is 1.09. The van der Waals surface area contributed by atoms with Crippen molar-refractivity contribution in [1.82, 2.24) is 9.78 Å². The second-order valence-electron chi connectivity index (χ2n) is 6.27. The fourth-order valence-corrected chi connectivity index (χ4v) is 2.81. The molecular formula is C16H26N3OS+. The lowest BCUT2D eigenvalue weighted by Crippen LogP contribution is -2.29. The Labute approximate surface area is 130 Å². The summed E-state index contributed by atoms with van der Waals surface area (Å²) in [5, 5.41) is 5.83. The highest BCUT2D eigenvalue weighted by Gasteiger charge is 2.23. The van der Waals surface area contributed by atoms with E-state index in [0.29, 0.717) is 17.6 Å². The Kier molecular flexibility index (Phi) is 4.96. The highest BCUT2D eigenvalue weighted by atomic mass is 32.2. The molecule has 0 fully saturated rings. The Morgan fingerprint density at radius 2 is 2.05 bits per heavy atom. The minimum absolute atomic E-state index is 0.412. The Hall–Kier alpha value is -1.04. The van der Waals surface area contributed by atoms with Crippen LogP contribution in [0, 0.1) is 6.92 Å². The third kappa shape index (κ3) is 3.78. The molecule has 0 bridgehead atoms. The van der Waals surface area contributed by atoms with Crippen LogP contribution in [0.1, 0.15) is 25.1 Å². The molecule has 0 unspecified atom stereocenters. The molecule has 2 rings (SSSR count). The molecule has 2 aromatic rings. The first-order valence-electron chi connectivity index (χ1n) is 7.18. The van der Waals surface area contributed by atoms with E-state index in [2.05, 4.69) is 37.6 Å². The first-order chi connectivity index (χ1) is 9.80. The van der Waals surface area contributed by atoms with Crippen LogP contribution in [-0.2, 0) is 27.9 Å². The van der Waals surface area contributed by atoms with Gasteiger partial charge in [-0.25, -0.2) is 4.68 Å². The molecule has 116 valence electrons. The Morgan fingerprint density at radius 3 is 2.67 bits per heavy atom. The van der Waals surface area contributed by atoms with Crippen molar-refractivity contribution < 1.29 is 4.74 Å². The number of para-hydroxylation sites is 1. The second-order valence-corrected chi connectivity index (χ2v) is 8.65. The molecule has 0 radical (unpaired) electrons. The summed E-state index contributed by atoms with van der Waals surface area (Å²) in [6, 6.07) is 6.24. The molecule has 0 saturated heterocycles. The van der Waals surface area contributed by atoms with Crippen LogP contribution in [0.15, 0.2) is 18.2 Å². The lowest BCUT2D eigenvalue weighted by molar-refractivity contribution is 0.0834. The van der Waals surface area contributed by atoms with Crippen molar-refractivity contribution in [2.45, 2.75) is 33.0 Å². The van der Waals surface area contributed by atoms with Crippen LogP contribution < -0.4 is 5.73 Å². The summed E-state index contributed by atoms with van der Waals surface area (Å²) in [6.45, 7) is 7.33. The molecule has 0 aliphatic rings. The lowest BCUT2D eigenvalue weighted by Gasteiger charge is -2.15. The van der Waals surface area contributed by atoms with Gasteiger partial charge < -0.3 is 10.5 Å². The summed E-state index contributed by atoms with van der Waals surface area (Å²) in [4.78, 5) is 0. The molecule has 21 heavy (non-hydrogen) atoms. The molecule has 0 aliphatic heterocycles. The summed E-state index contributed by atoms with van der Waals surface area (Å²) in [7, 11) is 0.412. The maximum Gasteiger partial charge on any atom is 0.140 e. The van der Waals surface area contributed by atoms with E-state index in [1.807, 2.05) is 18.5 Å². The van der Waals surface area contributed by atoms with Crippen LogP contribution in [-0.4, -0.2) is 34.7 Å². The second kappa shape index (κ2) is 6.38. The van der Waals surface area contributed by atoms with Gasteiger partial charge in [-0.1, -0.05) is 18.2 Å². The van der Waals surface area contributed by atoms with Crippen molar-refractivity contribution in [1.29, 1.82) is 0 Å². The molecule has 0 atom stereocenters. The van der Waals surface area contributed by atoms with E-state index in [4.69, 9.17) is 15.6 Å². The SMILES string of the molecule is Cc1cccc2c(C(C)(C)N)nn(COCC[S+](C)C)c12. The number of rotatable bonds is 6. The van der Waals surface area contributed by atoms with Gasteiger partial charge in [-0.3, -0.25) is 0 Å². The standard InChI is InChI=1S/C16H26N3OS/c1-12-7-6-8-13-14(12)19(11-20-9-10-21(4)5)18-15(13)16(2,3)17/h6-8H,9-11,17H2,1-5H3/q+1. The highest BCUT2D eigenvalue weighted by Crippen LogP contribution is 2.28. The Bertz CT molecular complexity index is 614. The summed E-state index contributed by atoms with van der Waals surface area (Å²) in [5.41, 5.74) is 9.05. The maximum atomic E-state index is 6.27. The molecule has 1 aromatic carbocycles. The van der Waals surface area contributed by atoms with Crippen molar-refractivity contribution >= 4 is 21.8 Å². The van der Waals surface area contributed by atoms with Gasteiger partial charge >= 0.3 is 0 Å². The number of nitrogens with zero attached hydrogens (tertiary/aromatic N) is 2. The Morgan fingerprint density at radius 1 is 1.33 bits per heavy atom. The molecule has 0 spiro atoms. The minimum Gasteiger partial charge on any atom is -0.354 e. The van der Waals surface area contributed by atoms with Gasteiger partial charge in [0.1, 0.15) is 12.5 Å². The molecule has 4 nitrogen and oxygen atoms in total. The van der Waals surface area contributed by atoms with Crippen LogP contribution in [0.3, 0.4) is 0 Å². The topological polar surface area (TPSA) is 53.1 Å². The quantitative estimate of drug-likeness (QED) is 0.658. The largest absolute Gasteiger partial charge is 0.354 e. The van der Waals surface area contributed by atoms with E-state index < -0.39 is 5.54 Å². The number of ether oxygens (including phenoxy) is 1. The number of aryl methyl sites for hydroxylation is 1. The number of hydrogen-bond donors (Lipinski definition) is 1. The number of aromatic nitrogens is 2. The average Bonchev–Trinajstić information content (AvgIpc) is 2.74. The number of hydrogen-bond acceptors (Lipinski definition) is 3. The molecular weight excluding hydrogens is 282 g/mol. The maximum absolute atomic E-state index is 6.27. The predicted molar refractivity (Wildman–Crippen MR) is 91.7 cm³/mol. The fraction of sp³-hybridized carbons (Fsp3) is 0.562. The molecule has 0 aliphatic carbocycles. The number of fused-ring (bicyclic) bond motifs is 1. The van der Waals surface area contributed by atoms with Gasteiger partial charge in [-0.2, -0.15) is 5.10 Å². The first kappa shape index (κ1) is 16.3. The van der Waals surface area contributed by atoms with Crippen LogP contribution in [0.5, 0.6) is 0 Å². The van der Waals surface area contributed by atoms with Crippen LogP contribution in [0.25, 0.3) is 10.9 Å². The summed E-state index contributed by atoms with van der Waals surface area (Å²) < 4.78 is 7.73. The van der Waals surface area contributed by atoms with Gasteiger partial charge in [-0.05, 0) is 37.2 Å². The zero-order chi connectivity index (χ0) is 15.6. The number of benzene rings is 1. The van der Waals surface area contributed by atoms with Gasteiger partial charge in [-0.15, -0.1) is 0 Å². The molecule has 2 N–H and O–H groups in total. The monoisotopic (exact) mass is 308 g/mol. The summed E-state index contributed by atoms with van der Waals surface area (Å²) in [6.07, 6.45) is 4.46. The van der Waals surface area contributed by atoms with Gasteiger partial charge in [0.25, 0.3) is 0 Å². The molecule has 1 aromatic heterocycles. The van der Waals surface area contributed by atoms with E-state index in [1.165, 1.54) is 5.56 Å². The van der Waals surface area contributed by atoms with E-state index in [-0.39, 0.29) is 0 Å². The minimum atomic E-state index is -0.462. The molecule has 0 amide bonds. The van der Waals surface area contributed by atoms with E-state index >= 15 is 0 Å². The average molecular weight is 308 g/mol. The van der Waals surface area contributed by atoms with Crippen LogP contribution in [0.4, 0.5) is 0 Å². The van der Waals surface area contributed by atoms with Crippen molar-refractivity contribution in [2.24, 2.45) is 5.73 Å². The van der Waals surface area contributed by atoms with Crippen molar-refractivity contribution in [2.75, 3.05) is 24.9 Å². The lowest BCUT2D eigenvalue weighted by atomic mass is 9.98. The third-order valence-corrected chi connectivity index (χ3v) is 4.41. The third-order valence-electron chi connectivity index (χ3n) is 3.43. The summed E-state index contributed by atoms with van der Waals surface area (Å²) >= 11 is 0. The molecule has 5 heteroatoms. The zero-order valence-corrected chi connectivity index (χ0v) is 14.5. The molecule has 1 heterocycles. The first-order valence-corrected chi connectivity index (χ1v) is 9.39. The smallest absolute Gasteiger partial charge is 0.140 e. The van der Waals surface area contributed by atoms with E-state index in [1.54, 1.807) is 0 Å². The fourth-order valence-electron chi connectivity index (χ4n) is 2.36. The van der Waals surface area contributed by atoms with Crippen molar-refractivity contribution in [3.8, 4) is 0 Å².